The number of benzene rings is 1. The molecule has 11 nitrogen and oxygen atoms in total. The third-order valence-corrected chi connectivity index (χ3v) is 4.79. The summed E-state index contributed by atoms with van der Waals surface area (Å²) in [4.78, 5) is 28.9. The van der Waals surface area contributed by atoms with Crippen LogP contribution in [0.5, 0.6) is 5.75 Å². The lowest BCUT2D eigenvalue weighted by Crippen LogP contribution is -2.27. The smallest absolute Gasteiger partial charge is 0.273 e. The fourth-order valence-corrected chi connectivity index (χ4v) is 2.98. The molecule has 2 amide bonds. The maximum Gasteiger partial charge on any atom is 0.273 e. The zero-order chi connectivity index (χ0) is 25.4. The summed E-state index contributed by atoms with van der Waals surface area (Å²) in [5.74, 6) is -1.34. The molecule has 0 unspecified atom stereocenters. The summed E-state index contributed by atoms with van der Waals surface area (Å²) in [7, 11) is 3.14. The average Bonchev–Trinajstić information content (AvgIpc) is 3.39. The third-order valence-electron chi connectivity index (χ3n) is 4.79. The molecule has 0 aliphatic heterocycles. The second-order valence-electron chi connectivity index (χ2n) is 7.12. The predicted molar refractivity (Wildman–Crippen MR) is 113 cm³/mol. The van der Waals surface area contributed by atoms with Crippen LogP contribution in [0.2, 0.25) is 0 Å². The standard InChI is InChI=1S/C20H21FN8O3/c1-22-18(30)15-13(9-14(26-27-15)25-19(31)20(21)7-8-20)24-12-6-4-5-11(16(12)32-3)17-23-10-29(2)28-17/h4-6,9-10H,7-8H2,1-3H3,(H,22,30)(H2,24,25,26,31)/i1D3. The van der Waals surface area contributed by atoms with Crippen LogP contribution >= 0.6 is 0 Å². The van der Waals surface area contributed by atoms with Crippen molar-refractivity contribution in [3.8, 4) is 17.1 Å². The molecule has 0 radical (unpaired) electrons. The van der Waals surface area contributed by atoms with E-state index >= 15 is 0 Å². The number of rotatable bonds is 7. The average molecular weight is 443 g/mol. The van der Waals surface area contributed by atoms with Crippen molar-refractivity contribution in [1.29, 1.82) is 0 Å². The molecule has 2 aromatic heterocycles. The van der Waals surface area contributed by atoms with Crippen LogP contribution in [-0.2, 0) is 11.8 Å². The van der Waals surface area contributed by atoms with Crippen LogP contribution in [0.1, 0.15) is 27.4 Å². The van der Waals surface area contributed by atoms with Crippen LogP contribution in [0.15, 0.2) is 30.6 Å². The summed E-state index contributed by atoms with van der Waals surface area (Å²) in [5.41, 5.74) is -1.45. The maximum atomic E-state index is 14.1. The van der Waals surface area contributed by atoms with E-state index in [0.29, 0.717) is 22.8 Å². The summed E-state index contributed by atoms with van der Waals surface area (Å²) < 4.78 is 43.1. The fourth-order valence-electron chi connectivity index (χ4n) is 2.98. The van der Waals surface area contributed by atoms with Gasteiger partial charge in [0.1, 0.15) is 6.33 Å². The summed E-state index contributed by atoms with van der Waals surface area (Å²) in [6.07, 6.45) is 1.72. The zero-order valence-electron chi connectivity index (χ0n) is 20.1. The van der Waals surface area contributed by atoms with Crippen molar-refractivity contribution in [3.05, 3.63) is 36.3 Å². The zero-order valence-corrected chi connectivity index (χ0v) is 17.1. The molecule has 2 heterocycles. The Morgan fingerprint density at radius 3 is 2.75 bits per heavy atom. The van der Waals surface area contributed by atoms with E-state index in [-0.39, 0.29) is 30.0 Å². The fraction of sp³-hybridized carbons (Fsp3) is 0.300. The lowest BCUT2D eigenvalue weighted by Gasteiger charge is -2.16. The van der Waals surface area contributed by atoms with Crippen LogP contribution in [-0.4, -0.2) is 56.5 Å². The number of methoxy groups -OCH3 is 1. The van der Waals surface area contributed by atoms with Gasteiger partial charge in [0.15, 0.2) is 28.8 Å². The van der Waals surface area contributed by atoms with Crippen molar-refractivity contribution in [2.75, 3.05) is 24.7 Å². The van der Waals surface area contributed by atoms with Gasteiger partial charge in [-0.05, 0) is 25.0 Å². The monoisotopic (exact) mass is 443 g/mol. The van der Waals surface area contributed by atoms with E-state index in [1.807, 2.05) is 5.32 Å². The van der Waals surface area contributed by atoms with E-state index in [0.717, 1.165) is 0 Å². The highest BCUT2D eigenvalue weighted by molar-refractivity contribution is 6.01. The summed E-state index contributed by atoms with van der Waals surface area (Å²) in [6.45, 7) is -2.78. The number of amides is 2. The number of nitrogens with zero attached hydrogens (tertiary/aromatic N) is 5. The first-order valence-electron chi connectivity index (χ1n) is 11.0. The summed E-state index contributed by atoms with van der Waals surface area (Å²) in [6, 6.07) is 6.30. The number of halogens is 1. The summed E-state index contributed by atoms with van der Waals surface area (Å²) in [5, 5.41) is 18.9. The predicted octanol–water partition coefficient (Wildman–Crippen LogP) is 1.82. The number of aromatic nitrogens is 5. The molecule has 0 spiro atoms. The number of carbonyl (C=O) groups excluding carboxylic acids is 2. The molecule has 32 heavy (non-hydrogen) atoms. The molecule has 1 aliphatic rings. The Balaban J connectivity index is 1.73. The minimum Gasteiger partial charge on any atom is -0.494 e. The Morgan fingerprint density at radius 1 is 1.28 bits per heavy atom. The molecule has 166 valence electrons. The molecule has 1 saturated carbocycles. The van der Waals surface area contributed by atoms with Crippen molar-refractivity contribution < 1.29 is 22.8 Å². The van der Waals surface area contributed by atoms with Crippen LogP contribution in [0, 0.1) is 0 Å². The minimum atomic E-state index is -2.78. The van der Waals surface area contributed by atoms with Crippen molar-refractivity contribution in [1.82, 2.24) is 30.3 Å². The van der Waals surface area contributed by atoms with Gasteiger partial charge in [0.25, 0.3) is 11.8 Å². The molecule has 0 atom stereocenters. The maximum absolute atomic E-state index is 14.1. The van der Waals surface area contributed by atoms with Gasteiger partial charge < -0.3 is 20.7 Å². The van der Waals surface area contributed by atoms with Crippen molar-refractivity contribution in [3.63, 3.8) is 0 Å². The van der Waals surface area contributed by atoms with Crippen LogP contribution in [0.3, 0.4) is 0 Å². The van der Waals surface area contributed by atoms with Gasteiger partial charge in [0.2, 0.25) is 0 Å². The number of alkyl halides is 1. The minimum absolute atomic E-state index is 0.00909. The molecule has 0 saturated heterocycles. The van der Waals surface area contributed by atoms with Crippen molar-refractivity contribution in [2.24, 2.45) is 7.05 Å². The molecular formula is C20H21FN8O3. The van der Waals surface area contributed by atoms with Crippen LogP contribution in [0.25, 0.3) is 11.4 Å². The van der Waals surface area contributed by atoms with Gasteiger partial charge in [0, 0.05) is 24.2 Å². The number of anilines is 3. The molecule has 4 rings (SSSR count). The number of hydrogen-bond acceptors (Lipinski definition) is 8. The molecule has 12 heteroatoms. The number of aryl methyl sites for hydroxylation is 1. The van der Waals surface area contributed by atoms with Gasteiger partial charge in [-0.15, -0.1) is 10.2 Å². The molecule has 1 fully saturated rings. The first-order chi connectivity index (χ1) is 16.5. The number of ether oxygens (including phenoxy) is 1. The molecule has 3 N–H and O–H groups in total. The highest BCUT2D eigenvalue weighted by Gasteiger charge is 2.51. The third kappa shape index (κ3) is 4.06. The SMILES string of the molecule is [2H]C([2H])([2H])NC(=O)c1nnc(NC(=O)C2(F)CC2)cc1Nc1cccc(-c2ncn(C)n2)c1OC. The number of para-hydroxylation sites is 1. The highest BCUT2D eigenvalue weighted by atomic mass is 19.1. The lowest BCUT2D eigenvalue weighted by atomic mass is 10.1. The molecule has 1 aliphatic carbocycles. The van der Waals surface area contributed by atoms with Gasteiger partial charge >= 0.3 is 0 Å². The second-order valence-corrected chi connectivity index (χ2v) is 7.12. The van der Waals surface area contributed by atoms with E-state index in [1.54, 1.807) is 25.2 Å². The van der Waals surface area contributed by atoms with Gasteiger partial charge in [-0.3, -0.25) is 14.3 Å². The van der Waals surface area contributed by atoms with Crippen LogP contribution < -0.4 is 20.7 Å². The van der Waals surface area contributed by atoms with Crippen LogP contribution in [0.4, 0.5) is 21.6 Å². The van der Waals surface area contributed by atoms with E-state index in [9.17, 15) is 14.0 Å². The summed E-state index contributed by atoms with van der Waals surface area (Å²) >= 11 is 0. The van der Waals surface area contributed by atoms with Gasteiger partial charge in [0.05, 0.1) is 24.0 Å². The Bertz CT molecular complexity index is 1290. The van der Waals surface area contributed by atoms with Gasteiger partial charge in [-0.25, -0.2) is 9.37 Å². The normalized spacial score (nSPS) is 15.7. The van der Waals surface area contributed by atoms with Crippen molar-refractivity contribution >= 4 is 29.0 Å². The van der Waals surface area contributed by atoms with E-state index in [4.69, 9.17) is 8.85 Å². The van der Waals surface area contributed by atoms with Gasteiger partial charge in [-0.2, -0.15) is 5.10 Å². The number of carbonyl (C=O) groups is 2. The largest absolute Gasteiger partial charge is 0.494 e. The topological polar surface area (TPSA) is 136 Å². The first kappa shape index (κ1) is 17.6. The Labute approximate surface area is 186 Å². The first-order valence-corrected chi connectivity index (χ1v) is 9.50. The molecule has 1 aromatic carbocycles. The van der Waals surface area contributed by atoms with E-state index in [1.165, 1.54) is 24.2 Å². The van der Waals surface area contributed by atoms with E-state index < -0.39 is 24.5 Å². The molecular weight excluding hydrogens is 419 g/mol. The van der Waals surface area contributed by atoms with Crippen molar-refractivity contribution in [2.45, 2.75) is 18.5 Å². The second kappa shape index (κ2) is 8.21. The molecule has 0 bridgehead atoms. The Hall–Kier alpha value is -4.09. The van der Waals surface area contributed by atoms with Gasteiger partial charge in [-0.1, -0.05) is 6.07 Å². The number of hydrogen-bond donors (Lipinski definition) is 3. The molecule has 3 aromatic rings. The Morgan fingerprint density at radius 2 is 2.09 bits per heavy atom. The quantitative estimate of drug-likeness (QED) is 0.503. The highest BCUT2D eigenvalue weighted by Crippen LogP contribution is 2.41. The van der Waals surface area contributed by atoms with E-state index in [2.05, 4.69) is 30.9 Å². The Kier molecular flexibility index (Phi) is 4.51. The number of nitrogens with one attached hydrogen (secondary N) is 3. The lowest BCUT2D eigenvalue weighted by molar-refractivity contribution is -0.122.